The molecule has 0 unspecified atom stereocenters. The van der Waals surface area contributed by atoms with Crippen molar-refractivity contribution in [1.82, 2.24) is 4.98 Å². The number of pyridine rings is 1. The molecule has 0 bridgehead atoms. The van der Waals surface area contributed by atoms with Gasteiger partial charge in [-0.05, 0) is 36.5 Å². The lowest BCUT2D eigenvalue weighted by Crippen LogP contribution is -2.39. The van der Waals surface area contributed by atoms with Crippen molar-refractivity contribution >= 4 is 16.7 Å². The fourth-order valence-electron chi connectivity index (χ4n) is 3.15. The van der Waals surface area contributed by atoms with Gasteiger partial charge in [0.25, 0.3) is 0 Å². The number of benzene rings is 1. The van der Waals surface area contributed by atoms with E-state index in [1.807, 2.05) is 18.2 Å². The van der Waals surface area contributed by atoms with Gasteiger partial charge in [-0.3, -0.25) is 0 Å². The molecule has 1 N–H and O–H groups in total. The molecule has 0 saturated carbocycles. The molecule has 0 aliphatic carbocycles. The Labute approximate surface area is 113 Å². The van der Waals surface area contributed by atoms with Gasteiger partial charge in [-0.2, -0.15) is 0 Å². The van der Waals surface area contributed by atoms with Crippen molar-refractivity contribution in [3.63, 3.8) is 0 Å². The predicted octanol–water partition coefficient (Wildman–Crippen LogP) is 3.42. The Hall–Kier alpha value is -1.77. The number of piperidine rings is 1. The Bertz CT molecular complexity index is 586. The van der Waals surface area contributed by atoms with Gasteiger partial charge in [-0.15, -0.1) is 0 Å². The van der Waals surface area contributed by atoms with Crippen LogP contribution in [-0.2, 0) is 0 Å². The number of aromatic hydroxyl groups is 1. The molecule has 1 aromatic heterocycles. The third kappa shape index (κ3) is 2.37. The van der Waals surface area contributed by atoms with Crippen molar-refractivity contribution in [1.29, 1.82) is 0 Å². The molecule has 3 rings (SSSR count). The Balaban J connectivity index is 1.98. The van der Waals surface area contributed by atoms with Crippen molar-refractivity contribution in [3.05, 3.63) is 30.3 Å². The quantitative estimate of drug-likeness (QED) is 0.849. The molecule has 3 nitrogen and oxygen atoms in total. The third-order valence-electron chi connectivity index (χ3n) is 3.88. The summed E-state index contributed by atoms with van der Waals surface area (Å²) in [6.45, 7) is 6.69. The number of hydrogen-bond donors (Lipinski definition) is 1. The number of para-hydroxylation sites is 1. The van der Waals surface area contributed by atoms with Gasteiger partial charge in [0.2, 0.25) is 0 Å². The van der Waals surface area contributed by atoms with Crippen LogP contribution in [0.4, 0.5) is 5.82 Å². The van der Waals surface area contributed by atoms with E-state index in [4.69, 9.17) is 0 Å². The van der Waals surface area contributed by atoms with Gasteiger partial charge >= 0.3 is 0 Å². The van der Waals surface area contributed by atoms with Gasteiger partial charge in [-0.25, -0.2) is 4.98 Å². The molecule has 1 aliphatic rings. The summed E-state index contributed by atoms with van der Waals surface area (Å²) in [5, 5.41) is 10.9. The normalized spacial score (nSPS) is 23.8. The van der Waals surface area contributed by atoms with E-state index < -0.39 is 0 Å². The molecule has 19 heavy (non-hydrogen) atoms. The summed E-state index contributed by atoms with van der Waals surface area (Å²) in [6, 6.07) is 9.63. The van der Waals surface area contributed by atoms with Crippen LogP contribution >= 0.6 is 0 Å². The Kier molecular flexibility index (Phi) is 3.05. The minimum Gasteiger partial charge on any atom is -0.506 e. The molecule has 2 heterocycles. The van der Waals surface area contributed by atoms with E-state index >= 15 is 0 Å². The number of hydrogen-bond acceptors (Lipinski definition) is 3. The van der Waals surface area contributed by atoms with Crippen LogP contribution in [0.15, 0.2) is 30.3 Å². The first-order valence-corrected chi connectivity index (χ1v) is 6.97. The molecule has 0 amide bonds. The van der Waals surface area contributed by atoms with Gasteiger partial charge in [0.1, 0.15) is 17.1 Å². The fraction of sp³-hybridized carbons (Fsp3) is 0.438. The molecule has 1 saturated heterocycles. The van der Waals surface area contributed by atoms with Gasteiger partial charge in [0.05, 0.1) is 0 Å². The topological polar surface area (TPSA) is 36.4 Å². The Morgan fingerprint density at radius 2 is 1.84 bits per heavy atom. The van der Waals surface area contributed by atoms with E-state index in [2.05, 4.69) is 29.8 Å². The highest BCUT2D eigenvalue weighted by Crippen LogP contribution is 2.29. The summed E-state index contributed by atoms with van der Waals surface area (Å²) in [5.41, 5.74) is 0.700. The predicted molar refractivity (Wildman–Crippen MR) is 78.6 cm³/mol. The molecular weight excluding hydrogens is 236 g/mol. The van der Waals surface area contributed by atoms with Crippen LogP contribution < -0.4 is 4.90 Å². The molecule has 1 fully saturated rings. The Morgan fingerprint density at radius 3 is 2.58 bits per heavy atom. The molecule has 3 heteroatoms. The first kappa shape index (κ1) is 12.3. The molecule has 1 aliphatic heterocycles. The van der Waals surface area contributed by atoms with Crippen LogP contribution in [0.25, 0.3) is 10.9 Å². The zero-order chi connectivity index (χ0) is 13.4. The largest absolute Gasteiger partial charge is 0.506 e. The minimum atomic E-state index is 0.262. The first-order chi connectivity index (χ1) is 9.13. The maximum atomic E-state index is 9.92. The SMILES string of the molecule is C[C@@H]1C[C@H](C)CN(c2ccc3cccc(O)c3n2)C1. The first-order valence-electron chi connectivity index (χ1n) is 6.97. The van der Waals surface area contributed by atoms with Crippen LogP contribution in [0.5, 0.6) is 5.75 Å². The van der Waals surface area contributed by atoms with Gasteiger partial charge < -0.3 is 10.0 Å². The molecule has 0 radical (unpaired) electrons. The van der Waals surface area contributed by atoms with E-state index in [9.17, 15) is 5.11 Å². The van der Waals surface area contributed by atoms with Crippen molar-refractivity contribution in [3.8, 4) is 5.75 Å². The highest BCUT2D eigenvalue weighted by Gasteiger charge is 2.22. The van der Waals surface area contributed by atoms with Crippen LogP contribution in [0.2, 0.25) is 0 Å². The lowest BCUT2D eigenvalue weighted by molar-refractivity contribution is 0.355. The van der Waals surface area contributed by atoms with Crippen LogP contribution in [-0.4, -0.2) is 23.2 Å². The van der Waals surface area contributed by atoms with Gasteiger partial charge in [0.15, 0.2) is 0 Å². The van der Waals surface area contributed by atoms with Gasteiger partial charge in [0, 0.05) is 18.5 Å². The fourth-order valence-corrected chi connectivity index (χ4v) is 3.15. The average molecular weight is 256 g/mol. The standard InChI is InChI=1S/C16H20N2O/c1-11-8-12(2)10-18(9-11)15-7-6-13-4-3-5-14(19)16(13)17-15/h3-7,11-12,19H,8-10H2,1-2H3/t11-,12+. The second kappa shape index (κ2) is 4.72. The molecule has 2 atom stereocenters. The molecule has 100 valence electrons. The van der Waals surface area contributed by atoms with Crippen LogP contribution in [0.1, 0.15) is 20.3 Å². The summed E-state index contributed by atoms with van der Waals surface area (Å²) in [6.07, 6.45) is 1.29. The zero-order valence-corrected chi connectivity index (χ0v) is 11.5. The van der Waals surface area contributed by atoms with E-state index in [-0.39, 0.29) is 5.75 Å². The summed E-state index contributed by atoms with van der Waals surface area (Å²) >= 11 is 0. The van der Waals surface area contributed by atoms with E-state index in [0.717, 1.165) is 24.3 Å². The maximum absolute atomic E-state index is 9.92. The summed E-state index contributed by atoms with van der Waals surface area (Å²) in [5.74, 6) is 2.64. The van der Waals surface area contributed by atoms with Crippen LogP contribution in [0.3, 0.4) is 0 Å². The summed E-state index contributed by atoms with van der Waals surface area (Å²) in [7, 11) is 0. The van der Waals surface area contributed by atoms with Crippen molar-refractivity contribution in [2.45, 2.75) is 20.3 Å². The number of phenolic OH excluding ortho intramolecular Hbond substituents is 1. The van der Waals surface area contributed by atoms with Gasteiger partial charge in [-0.1, -0.05) is 26.0 Å². The molecular formula is C16H20N2O. The number of fused-ring (bicyclic) bond motifs is 1. The lowest BCUT2D eigenvalue weighted by atomic mass is 9.92. The Morgan fingerprint density at radius 1 is 1.11 bits per heavy atom. The number of anilines is 1. The number of nitrogens with zero attached hydrogens (tertiary/aromatic N) is 2. The van der Waals surface area contributed by atoms with Crippen molar-refractivity contribution < 1.29 is 5.11 Å². The second-order valence-corrected chi connectivity index (χ2v) is 5.87. The average Bonchev–Trinajstić information content (AvgIpc) is 2.38. The number of rotatable bonds is 1. The summed E-state index contributed by atoms with van der Waals surface area (Å²) in [4.78, 5) is 6.98. The third-order valence-corrected chi connectivity index (χ3v) is 3.88. The maximum Gasteiger partial charge on any atom is 0.141 e. The van der Waals surface area contributed by atoms with Crippen LogP contribution in [0, 0.1) is 11.8 Å². The van der Waals surface area contributed by atoms with E-state index in [1.54, 1.807) is 6.07 Å². The second-order valence-electron chi connectivity index (χ2n) is 5.87. The van der Waals surface area contributed by atoms with Crippen molar-refractivity contribution in [2.24, 2.45) is 11.8 Å². The number of aromatic nitrogens is 1. The summed E-state index contributed by atoms with van der Waals surface area (Å²) < 4.78 is 0. The molecule has 2 aromatic rings. The smallest absolute Gasteiger partial charge is 0.141 e. The minimum absolute atomic E-state index is 0.262. The van der Waals surface area contributed by atoms with E-state index in [1.165, 1.54) is 6.42 Å². The highest BCUT2D eigenvalue weighted by atomic mass is 16.3. The zero-order valence-electron chi connectivity index (χ0n) is 11.5. The van der Waals surface area contributed by atoms with Crippen molar-refractivity contribution in [2.75, 3.05) is 18.0 Å². The monoisotopic (exact) mass is 256 g/mol. The molecule has 1 aromatic carbocycles. The molecule has 0 spiro atoms. The highest BCUT2D eigenvalue weighted by molar-refractivity contribution is 5.85. The number of phenols is 1. The van der Waals surface area contributed by atoms with E-state index in [0.29, 0.717) is 17.4 Å². The lowest BCUT2D eigenvalue weighted by Gasteiger charge is -2.35.